The summed E-state index contributed by atoms with van der Waals surface area (Å²) in [6, 6.07) is 6.73. The number of imidazole rings is 1. The molecule has 18 heavy (non-hydrogen) atoms. The van der Waals surface area contributed by atoms with Crippen molar-refractivity contribution in [2.24, 2.45) is 0 Å². The Morgan fingerprint density at radius 2 is 2.06 bits per heavy atom. The SMILES string of the molecule is CC1CCCc2nc(-c3ccc(F)cc3)c(N)n21. The molecule has 0 radical (unpaired) electrons. The van der Waals surface area contributed by atoms with Crippen LogP contribution in [-0.4, -0.2) is 9.55 Å². The number of aromatic nitrogens is 2. The second kappa shape index (κ2) is 4.12. The lowest BCUT2D eigenvalue weighted by molar-refractivity contribution is 0.430. The highest BCUT2D eigenvalue weighted by atomic mass is 19.1. The average Bonchev–Trinajstić information content (AvgIpc) is 2.69. The maximum atomic E-state index is 12.9. The number of aryl methyl sites for hydroxylation is 1. The van der Waals surface area contributed by atoms with E-state index in [1.54, 1.807) is 12.1 Å². The van der Waals surface area contributed by atoms with Crippen LogP contribution in [0.1, 0.15) is 31.6 Å². The van der Waals surface area contributed by atoms with Crippen LogP contribution in [-0.2, 0) is 6.42 Å². The fourth-order valence-electron chi connectivity index (χ4n) is 2.67. The number of nitrogens with zero attached hydrogens (tertiary/aromatic N) is 2. The predicted molar refractivity (Wildman–Crippen MR) is 69.7 cm³/mol. The first-order valence-corrected chi connectivity index (χ1v) is 6.29. The largest absolute Gasteiger partial charge is 0.383 e. The topological polar surface area (TPSA) is 43.8 Å². The van der Waals surface area contributed by atoms with E-state index in [0.29, 0.717) is 11.9 Å². The molecule has 4 heteroatoms. The first-order valence-electron chi connectivity index (χ1n) is 6.29. The summed E-state index contributed by atoms with van der Waals surface area (Å²) in [6.45, 7) is 2.16. The van der Waals surface area contributed by atoms with Gasteiger partial charge in [0.1, 0.15) is 23.2 Å². The van der Waals surface area contributed by atoms with Crippen molar-refractivity contribution in [3.63, 3.8) is 0 Å². The Balaban J connectivity index is 2.11. The molecule has 0 saturated carbocycles. The maximum Gasteiger partial charge on any atom is 0.131 e. The first-order chi connectivity index (χ1) is 8.66. The van der Waals surface area contributed by atoms with Gasteiger partial charge in [0, 0.05) is 18.0 Å². The molecule has 2 aromatic rings. The highest BCUT2D eigenvalue weighted by Gasteiger charge is 2.23. The van der Waals surface area contributed by atoms with Gasteiger partial charge in [-0.05, 0) is 44.0 Å². The number of nitrogens with two attached hydrogens (primary N) is 1. The molecule has 1 aromatic carbocycles. The number of hydrogen-bond donors (Lipinski definition) is 1. The van der Waals surface area contributed by atoms with E-state index in [1.165, 1.54) is 12.1 Å². The highest BCUT2D eigenvalue weighted by Crippen LogP contribution is 2.34. The molecule has 3 rings (SSSR count). The molecular formula is C14H16FN3. The summed E-state index contributed by atoms with van der Waals surface area (Å²) in [5.74, 6) is 1.50. The maximum absolute atomic E-state index is 12.9. The quantitative estimate of drug-likeness (QED) is 0.838. The number of halogens is 1. The van der Waals surface area contributed by atoms with Crippen molar-refractivity contribution in [3.8, 4) is 11.3 Å². The van der Waals surface area contributed by atoms with Gasteiger partial charge in [0.15, 0.2) is 0 Å². The Morgan fingerprint density at radius 1 is 1.33 bits per heavy atom. The van der Waals surface area contributed by atoms with E-state index in [4.69, 9.17) is 5.73 Å². The molecule has 0 amide bonds. The van der Waals surface area contributed by atoms with Crippen molar-refractivity contribution in [1.82, 2.24) is 9.55 Å². The third kappa shape index (κ3) is 1.68. The Labute approximate surface area is 105 Å². The lowest BCUT2D eigenvalue weighted by atomic mass is 10.1. The smallest absolute Gasteiger partial charge is 0.131 e. The summed E-state index contributed by atoms with van der Waals surface area (Å²) in [5.41, 5.74) is 7.85. The zero-order valence-corrected chi connectivity index (χ0v) is 10.4. The summed E-state index contributed by atoms with van der Waals surface area (Å²) >= 11 is 0. The molecule has 2 heterocycles. The van der Waals surface area contributed by atoms with Crippen molar-refractivity contribution < 1.29 is 4.39 Å². The molecule has 3 nitrogen and oxygen atoms in total. The van der Waals surface area contributed by atoms with Crippen LogP contribution in [0.25, 0.3) is 11.3 Å². The molecule has 2 N–H and O–H groups in total. The van der Waals surface area contributed by atoms with Crippen LogP contribution in [0.15, 0.2) is 24.3 Å². The van der Waals surface area contributed by atoms with Gasteiger partial charge in [-0.2, -0.15) is 0 Å². The van der Waals surface area contributed by atoms with Gasteiger partial charge in [-0.3, -0.25) is 0 Å². The summed E-state index contributed by atoms with van der Waals surface area (Å²) < 4.78 is 15.0. The van der Waals surface area contributed by atoms with E-state index in [-0.39, 0.29) is 5.82 Å². The summed E-state index contributed by atoms with van der Waals surface area (Å²) in [6.07, 6.45) is 3.26. The van der Waals surface area contributed by atoms with Gasteiger partial charge >= 0.3 is 0 Å². The third-order valence-electron chi connectivity index (χ3n) is 3.60. The monoisotopic (exact) mass is 245 g/mol. The fraction of sp³-hybridized carbons (Fsp3) is 0.357. The molecule has 1 unspecified atom stereocenters. The Hall–Kier alpha value is -1.84. The molecule has 1 atom stereocenters. The van der Waals surface area contributed by atoms with Crippen molar-refractivity contribution in [3.05, 3.63) is 35.9 Å². The number of fused-ring (bicyclic) bond motifs is 1. The molecule has 1 aliphatic heterocycles. The minimum Gasteiger partial charge on any atom is -0.383 e. The minimum atomic E-state index is -0.241. The zero-order valence-electron chi connectivity index (χ0n) is 10.4. The van der Waals surface area contributed by atoms with Crippen LogP contribution >= 0.6 is 0 Å². The molecular weight excluding hydrogens is 229 g/mol. The lowest BCUT2D eigenvalue weighted by Gasteiger charge is -2.22. The van der Waals surface area contributed by atoms with Gasteiger partial charge in [-0.1, -0.05) is 0 Å². The number of nitrogen functional groups attached to an aromatic ring is 1. The molecule has 0 aliphatic carbocycles. The summed E-state index contributed by atoms with van der Waals surface area (Å²) in [4.78, 5) is 4.62. The molecule has 0 saturated heterocycles. The molecule has 0 bridgehead atoms. The van der Waals surface area contributed by atoms with Crippen LogP contribution in [0.4, 0.5) is 10.2 Å². The van der Waals surface area contributed by atoms with Crippen molar-refractivity contribution in [2.45, 2.75) is 32.2 Å². The van der Waals surface area contributed by atoms with Crippen molar-refractivity contribution >= 4 is 5.82 Å². The predicted octanol–water partition coefficient (Wildman–Crippen LogP) is 3.17. The average molecular weight is 245 g/mol. The Bertz CT molecular complexity index is 571. The summed E-state index contributed by atoms with van der Waals surface area (Å²) in [5, 5.41) is 0. The fourth-order valence-corrected chi connectivity index (χ4v) is 2.67. The lowest BCUT2D eigenvalue weighted by Crippen LogP contribution is -2.16. The second-order valence-electron chi connectivity index (χ2n) is 4.88. The molecule has 94 valence electrons. The summed E-state index contributed by atoms with van der Waals surface area (Å²) in [7, 11) is 0. The van der Waals surface area contributed by atoms with Gasteiger partial charge in [-0.25, -0.2) is 9.37 Å². The number of hydrogen-bond acceptors (Lipinski definition) is 2. The van der Waals surface area contributed by atoms with E-state index in [9.17, 15) is 4.39 Å². The van der Waals surface area contributed by atoms with E-state index >= 15 is 0 Å². The van der Waals surface area contributed by atoms with Crippen molar-refractivity contribution in [2.75, 3.05) is 5.73 Å². The Morgan fingerprint density at radius 3 is 2.72 bits per heavy atom. The molecule has 0 spiro atoms. The van der Waals surface area contributed by atoms with Gasteiger partial charge in [0.05, 0.1) is 0 Å². The van der Waals surface area contributed by atoms with Crippen LogP contribution in [0.3, 0.4) is 0 Å². The van der Waals surface area contributed by atoms with E-state index in [1.807, 2.05) is 0 Å². The molecule has 1 aliphatic rings. The van der Waals surface area contributed by atoms with Gasteiger partial charge in [0.2, 0.25) is 0 Å². The van der Waals surface area contributed by atoms with Gasteiger partial charge in [0.25, 0.3) is 0 Å². The standard InChI is InChI=1S/C14H16FN3/c1-9-3-2-4-12-17-13(14(16)18(9)12)10-5-7-11(15)8-6-10/h5-9H,2-4,16H2,1H3. The minimum absolute atomic E-state index is 0.241. The van der Waals surface area contributed by atoms with Crippen LogP contribution in [0, 0.1) is 5.82 Å². The molecule has 0 fully saturated rings. The first kappa shape index (κ1) is 11.3. The van der Waals surface area contributed by atoms with Crippen LogP contribution < -0.4 is 5.73 Å². The normalized spacial score (nSPS) is 18.7. The molecule has 1 aromatic heterocycles. The number of anilines is 1. The number of benzene rings is 1. The zero-order chi connectivity index (χ0) is 12.7. The van der Waals surface area contributed by atoms with Crippen LogP contribution in [0.5, 0.6) is 0 Å². The van der Waals surface area contributed by atoms with Gasteiger partial charge < -0.3 is 10.3 Å². The van der Waals surface area contributed by atoms with E-state index in [0.717, 1.165) is 36.3 Å². The van der Waals surface area contributed by atoms with Crippen molar-refractivity contribution in [1.29, 1.82) is 0 Å². The second-order valence-corrected chi connectivity index (χ2v) is 4.88. The van der Waals surface area contributed by atoms with Gasteiger partial charge in [-0.15, -0.1) is 0 Å². The van der Waals surface area contributed by atoms with Crippen LogP contribution in [0.2, 0.25) is 0 Å². The Kier molecular flexibility index (Phi) is 2.58. The number of rotatable bonds is 1. The van der Waals surface area contributed by atoms with E-state index < -0.39 is 0 Å². The highest BCUT2D eigenvalue weighted by molar-refractivity contribution is 5.71. The third-order valence-corrected chi connectivity index (χ3v) is 3.60. The van der Waals surface area contributed by atoms with E-state index in [2.05, 4.69) is 16.5 Å².